The van der Waals surface area contributed by atoms with Crippen LogP contribution in [0, 0.1) is 17.8 Å². The molecule has 0 radical (unpaired) electrons. The molecule has 0 N–H and O–H groups in total. The number of carbonyl (C=O) groups excluding carboxylic acids is 2. The van der Waals surface area contributed by atoms with E-state index in [1.165, 1.54) is 0 Å². The highest BCUT2D eigenvalue weighted by Gasteiger charge is 2.77. The van der Waals surface area contributed by atoms with Crippen LogP contribution in [0.4, 0.5) is 26.3 Å². The molecule has 0 saturated heterocycles. The van der Waals surface area contributed by atoms with Gasteiger partial charge in [0.05, 0.1) is 0 Å². The van der Waals surface area contributed by atoms with Gasteiger partial charge >= 0.3 is 23.7 Å². The smallest absolute Gasteiger partial charge is 0.411 e. The number of hydrogen-bond acceptors (Lipinski definition) is 4. The lowest BCUT2D eigenvalue weighted by atomic mass is 9.54. The first-order chi connectivity index (χ1) is 11.3. The summed E-state index contributed by atoms with van der Waals surface area (Å²) in [5.74, 6) is -24.8. The van der Waals surface area contributed by atoms with Gasteiger partial charge in [-0.2, -0.15) is 26.3 Å². The Morgan fingerprint density at radius 3 is 1.60 bits per heavy atom. The number of halogens is 6. The minimum atomic E-state index is -6.47. The van der Waals surface area contributed by atoms with Crippen LogP contribution in [0.2, 0.25) is 0 Å². The summed E-state index contributed by atoms with van der Waals surface area (Å²) < 4.78 is 84.9. The summed E-state index contributed by atoms with van der Waals surface area (Å²) in [7, 11) is 0. The summed E-state index contributed by atoms with van der Waals surface area (Å²) in [6.45, 7) is 0. The zero-order valence-corrected chi connectivity index (χ0v) is 12.9. The van der Waals surface area contributed by atoms with E-state index in [4.69, 9.17) is 0 Å². The molecule has 4 fully saturated rings. The van der Waals surface area contributed by atoms with Crippen molar-refractivity contribution in [2.75, 3.05) is 0 Å². The highest BCUT2D eigenvalue weighted by atomic mass is 19.3. The molecule has 0 aromatic rings. The van der Waals surface area contributed by atoms with Crippen LogP contribution in [0.25, 0.3) is 0 Å². The Morgan fingerprint density at radius 2 is 1.24 bits per heavy atom. The Morgan fingerprint density at radius 1 is 0.840 bits per heavy atom. The lowest BCUT2D eigenvalue weighted by Crippen LogP contribution is -2.65. The zero-order valence-electron chi connectivity index (χ0n) is 12.9. The van der Waals surface area contributed by atoms with Crippen molar-refractivity contribution >= 4 is 11.9 Å². The van der Waals surface area contributed by atoms with Crippen molar-refractivity contribution in [1.29, 1.82) is 0 Å². The van der Waals surface area contributed by atoms with E-state index in [0.29, 0.717) is 0 Å². The van der Waals surface area contributed by atoms with Gasteiger partial charge in [-0.05, 0) is 56.3 Å². The van der Waals surface area contributed by atoms with Crippen molar-refractivity contribution in [3.8, 4) is 0 Å². The van der Waals surface area contributed by atoms with Crippen LogP contribution in [0.15, 0.2) is 0 Å². The van der Waals surface area contributed by atoms with E-state index in [0.717, 1.165) is 19.3 Å². The molecule has 0 aromatic carbocycles. The maximum Gasteiger partial charge on any atom is 0.411 e. The summed E-state index contributed by atoms with van der Waals surface area (Å²) in [6.07, 6.45) is 3.19. The van der Waals surface area contributed by atoms with E-state index in [9.17, 15) is 41.0 Å². The molecular weight excluding hydrogens is 358 g/mol. The Balaban J connectivity index is 1.81. The van der Waals surface area contributed by atoms with Gasteiger partial charge in [0.25, 0.3) is 0 Å². The molecular formula is C15H15F6O4-. The number of rotatable bonds is 5. The number of aliphatic carboxylic acids is 1. The standard InChI is InChI=1S/C15H16F6O4/c16-13(17,10(22)23)15(20,21)14(18,19)11(24)25-12-4-7-1-8(5-12)3-9(2-7)6-12/h7-9H,1-6H2,(H,22,23)/p-1. The first kappa shape index (κ1) is 18.3. The fraction of sp³-hybridized carbons (Fsp3) is 0.867. The van der Waals surface area contributed by atoms with Crippen LogP contribution in [0.1, 0.15) is 38.5 Å². The van der Waals surface area contributed by atoms with Crippen LogP contribution >= 0.6 is 0 Å². The maximum atomic E-state index is 13.7. The number of carbonyl (C=O) groups is 2. The Kier molecular flexibility index (Phi) is 3.85. The monoisotopic (exact) mass is 373 g/mol. The van der Waals surface area contributed by atoms with Gasteiger partial charge in [-0.3, -0.25) is 0 Å². The number of alkyl halides is 6. The molecule has 4 rings (SSSR count). The average molecular weight is 373 g/mol. The molecule has 0 atom stereocenters. The van der Waals surface area contributed by atoms with E-state index < -0.39 is 35.3 Å². The first-order valence-corrected chi connectivity index (χ1v) is 7.89. The van der Waals surface area contributed by atoms with Crippen molar-refractivity contribution in [2.45, 2.75) is 61.9 Å². The van der Waals surface area contributed by atoms with E-state index in [2.05, 4.69) is 4.74 Å². The minimum Gasteiger partial charge on any atom is -0.544 e. The number of ether oxygens (including phenoxy) is 1. The zero-order chi connectivity index (χ0) is 18.8. The van der Waals surface area contributed by atoms with E-state index >= 15 is 0 Å². The summed E-state index contributed by atoms with van der Waals surface area (Å²) in [6, 6.07) is 0. The molecule has 10 heteroatoms. The highest BCUT2D eigenvalue weighted by molar-refractivity contribution is 5.83. The van der Waals surface area contributed by atoms with Gasteiger partial charge in [-0.1, -0.05) is 0 Å². The quantitative estimate of drug-likeness (QED) is 0.547. The molecule has 4 saturated carbocycles. The second-order valence-corrected chi connectivity index (χ2v) is 7.50. The van der Waals surface area contributed by atoms with Gasteiger partial charge in [0.15, 0.2) is 0 Å². The van der Waals surface area contributed by atoms with Gasteiger partial charge in [0.2, 0.25) is 0 Å². The minimum absolute atomic E-state index is 0.123. The third-order valence-electron chi connectivity index (χ3n) is 5.59. The predicted molar refractivity (Wildman–Crippen MR) is 66.8 cm³/mol. The number of hydrogen-bond donors (Lipinski definition) is 0. The van der Waals surface area contributed by atoms with Gasteiger partial charge in [-0.25, -0.2) is 4.79 Å². The average Bonchev–Trinajstić information content (AvgIpc) is 2.44. The fourth-order valence-electron chi connectivity index (χ4n) is 4.87. The molecule has 0 aliphatic heterocycles. The molecule has 25 heavy (non-hydrogen) atoms. The van der Waals surface area contributed by atoms with Crippen LogP contribution in [0.3, 0.4) is 0 Å². The predicted octanol–water partition coefficient (Wildman–Crippen LogP) is 2.15. The summed E-state index contributed by atoms with van der Waals surface area (Å²) in [4.78, 5) is 21.8. The highest BCUT2D eigenvalue weighted by Crippen LogP contribution is 2.58. The molecule has 0 aromatic heterocycles. The Labute approximate surface area is 138 Å². The summed E-state index contributed by atoms with van der Waals surface area (Å²) >= 11 is 0. The summed E-state index contributed by atoms with van der Waals surface area (Å²) in [5.41, 5.74) is -1.36. The number of carboxylic acid groups (broad SMARTS) is 1. The van der Waals surface area contributed by atoms with Crippen molar-refractivity contribution in [3.05, 3.63) is 0 Å². The lowest BCUT2D eigenvalue weighted by Gasteiger charge is -2.55. The molecule has 4 nitrogen and oxygen atoms in total. The molecule has 0 unspecified atom stereocenters. The maximum absolute atomic E-state index is 13.7. The molecule has 0 amide bonds. The van der Waals surface area contributed by atoms with E-state index in [-0.39, 0.29) is 37.0 Å². The van der Waals surface area contributed by atoms with Gasteiger partial charge < -0.3 is 14.6 Å². The molecule has 0 heterocycles. The van der Waals surface area contributed by atoms with Gasteiger partial charge in [0, 0.05) is 0 Å². The van der Waals surface area contributed by atoms with Crippen LogP contribution in [0.5, 0.6) is 0 Å². The molecule has 4 aliphatic rings. The van der Waals surface area contributed by atoms with Crippen LogP contribution in [-0.4, -0.2) is 35.3 Å². The lowest BCUT2D eigenvalue weighted by molar-refractivity contribution is -0.367. The second-order valence-electron chi connectivity index (χ2n) is 7.50. The molecule has 4 aliphatic carbocycles. The van der Waals surface area contributed by atoms with Crippen LogP contribution < -0.4 is 5.11 Å². The second kappa shape index (κ2) is 5.26. The SMILES string of the molecule is O=C([O-])C(F)(F)C(F)(F)C(F)(F)C(=O)OC12CC3CC(CC(C3)C1)C2. The van der Waals surface area contributed by atoms with Gasteiger partial charge in [0.1, 0.15) is 11.6 Å². The third kappa shape index (κ3) is 2.59. The molecule has 4 bridgehead atoms. The summed E-state index contributed by atoms with van der Waals surface area (Å²) in [5, 5.41) is 10.1. The van der Waals surface area contributed by atoms with Crippen molar-refractivity contribution < 1.29 is 45.8 Å². The Hall–Kier alpha value is -1.48. The largest absolute Gasteiger partial charge is 0.544 e. The van der Waals surface area contributed by atoms with Crippen molar-refractivity contribution in [3.63, 3.8) is 0 Å². The molecule has 0 spiro atoms. The topological polar surface area (TPSA) is 66.4 Å². The fourth-order valence-corrected chi connectivity index (χ4v) is 4.87. The van der Waals surface area contributed by atoms with E-state index in [1.54, 1.807) is 0 Å². The van der Waals surface area contributed by atoms with Crippen molar-refractivity contribution in [1.82, 2.24) is 0 Å². The molecule has 142 valence electrons. The third-order valence-corrected chi connectivity index (χ3v) is 5.59. The normalized spacial score (nSPS) is 34.9. The first-order valence-electron chi connectivity index (χ1n) is 7.89. The van der Waals surface area contributed by atoms with E-state index in [1.807, 2.05) is 0 Å². The van der Waals surface area contributed by atoms with Crippen molar-refractivity contribution in [2.24, 2.45) is 17.8 Å². The number of esters is 1. The van der Waals surface area contributed by atoms with Crippen LogP contribution in [-0.2, 0) is 14.3 Å². The Bertz CT molecular complexity index is 568. The van der Waals surface area contributed by atoms with Gasteiger partial charge in [-0.15, -0.1) is 0 Å². The number of carboxylic acids is 1.